The second-order valence-electron chi connectivity index (χ2n) is 10.0. The van der Waals surface area contributed by atoms with Crippen LogP contribution in [0.4, 0.5) is 5.69 Å². The van der Waals surface area contributed by atoms with E-state index in [0.717, 1.165) is 22.5 Å². The third kappa shape index (κ3) is 5.51. The molecule has 1 aliphatic heterocycles. The quantitative estimate of drug-likeness (QED) is 0.336. The highest BCUT2D eigenvalue weighted by Crippen LogP contribution is 2.35. The first-order valence-electron chi connectivity index (χ1n) is 12.7. The predicted octanol–water partition coefficient (Wildman–Crippen LogP) is 4.05. The monoisotopic (exact) mass is 575 g/mol. The molecule has 2 heterocycles. The van der Waals surface area contributed by atoms with E-state index in [1.807, 2.05) is 36.9 Å². The average molecular weight is 576 g/mol. The van der Waals surface area contributed by atoms with Crippen molar-refractivity contribution in [2.45, 2.75) is 43.5 Å². The van der Waals surface area contributed by atoms with Gasteiger partial charge in [0.05, 0.1) is 46.9 Å². The summed E-state index contributed by atoms with van der Waals surface area (Å²) in [6.07, 6.45) is 3.35. The first-order chi connectivity index (χ1) is 19.1. The van der Waals surface area contributed by atoms with Crippen molar-refractivity contribution >= 4 is 25.7 Å². The molecule has 0 aliphatic carbocycles. The van der Waals surface area contributed by atoms with E-state index >= 15 is 0 Å². The van der Waals surface area contributed by atoms with Crippen LogP contribution in [0, 0.1) is 25.2 Å². The van der Waals surface area contributed by atoms with Gasteiger partial charge in [0.25, 0.3) is 10.0 Å². The van der Waals surface area contributed by atoms with Crippen molar-refractivity contribution in [3.05, 3.63) is 113 Å². The smallest absolute Gasteiger partial charge is 0.256 e. The van der Waals surface area contributed by atoms with Crippen molar-refractivity contribution in [3.63, 3.8) is 0 Å². The normalized spacial score (nSPS) is 15.6. The summed E-state index contributed by atoms with van der Waals surface area (Å²) in [5.74, 6) is -0.464. The lowest BCUT2D eigenvalue weighted by molar-refractivity contribution is 0.404. The van der Waals surface area contributed by atoms with Crippen LogP contribution < -0.4 is 4.90 Å². The van der Waals surface area contributed by atoms with Crippen LogP contribution in [-0.4, -0.2) is 43.1 Å². The SMILES string of the molecule is Cc1ccc(C)c(CS(=O)(=O)N(C2Cc3cc(C#N)ccc3N(Cc3cnc[nH]3)C2)S(=O)(=O)c2ccccc2)c1. The largest absolute Gasteiger partial charge is 0.364 e. The van der Waals surface area contributed by atoms with E-state index in [-0.39, 0.29) is 17.9 Å². The fourth-order valence-corrected chi connectivity index (χ4v) is 9.43. The predicted molar refractivity (Wildman–Crippen MR) is 152 cm³/mol. The number of nitriles is 1. The first-order valence-corrected chi connectivity index (χ1v) is 15.8. The Bertz CT molecular complexity index is 1780. The van der Waals surface area contributed by atoms with Crippen LogP contribution in [-0.2, 0) is 38.8 Å². The molecule has 11 heteroatoms. The Morgan fingerprint density at radius 3 is 2.52 bits per heavy atom. The molecule has 1 unspecified atom stereocenters. The number of sulfonamides is 2. The summed E-state index contributed by atoms with van der Waals surface area (Å²) in [5.41, 5.74) is 4.90. The lowest BCUT2D eigenvalue weighted by Gasteiger charge is -2.40. The van der Waals surface area contributed by atoms with Gasteiger partial charge in [-0.3, -0.25) is 0 Å². The van der Waals surface area contributed by atoms with E-state index in [2.05, 4.69) is 16.0 Å². The van der Waals surface area contributed by atoms with Crippen molar-refractivity contribution < 1.29 is 16.8 Å². The summed E-state index contributed by atoms with van der Waals surface area (Å²) in [4.78, 5) is 8.96. The molecule has 3 aromatic carbocycles. The summed E-state index contributed by atoms with van der Waals surface area (Å²) in [6, 6.07) is 19.5. The zero-order chi connectivity index (χ0) is 28.5. The molecule has 4 aromatic rings. The number of nitrogens with one attached hydrogen (secondary N) is 1. The molecule has 9 nitrogen and oxygen atoms in total. The molecule has 0 spiro atoms. The van der Waals surface area contributed by atoms with Crippen LogP contribution in [0.25, 0.3) is 0 Å². The topological polar surface area (TPSA) is 127 Å². The minimum absolute atomic E-state index is 0.101. The number of hydrogen-bond acceptors (Lipinski definition) is 7. The molecule has 0 saturated carbocycles. The molecule has 5 rings (SSSR count). The number of H-pyrrole nitrogens is 1. The lowest BCUT2D eigenvalue weighted by atomic mass is 9.96. The van der Waals surface area contributed by atoms with Gasteiger partial charge in [0, 0.05) is 18.4 Å². The van der Waals surface area contributed by atoms with Crippen molar-refractivity contribution in [2.24, 2.45) is 0 Å². The molecule has 0 radical (unpaired) electrons. The number of hydrogen-bond donors (Lipinski definition) is 1. The van der Waals surface area contributed by atoms with Gasteiger partial charge >= 0.3 is 0 Å². The zero-order valence-electron chi connectivity index (χ0n) is 22.1. The third-order valence-electron chi connectivity index (χ3n) is 7.04. The number of benzene rings is 3. The van der Waals surface area contributed by atoms with Crippen LogP contribution in [0.2, 0.25) is 0 Å². The van der Waals surface area contributed by atoms with Gasteiger partial charge < -0.3 is 9.88 Å². The number of anilines is 1. The number of rotatable bonds is 8. The fourth-order valence-electron chi connectivity index (χ4n) is 5.15. The minimum atomic E-state index is -4.47. The van der Waals surface area contributed by atoms with Crippen molar-refractivity contribution in [3.8, 4) is 6.07 Å². The van der Waals surface area contributed by atoms with Gasteiger partial charge in [-0.15, -0.1) is 0 Å². The van der Waals surface area contributed by atoms with Gasteiger partial charge in [-0.05, 0) is 67.3 Å². The van der Waals surface area contributed by atoms with Gasteiger partial charge in [-0.25, -0.2) is 21.8 Å². The number of fused-ring (bicyclic) bond motifs is 1. The average Bonchev–Trinajstić information content (AvgIpc) is 3.43. The molecule has 1 atom stereocenters. The van der Waals surface area contributed by atoms with Crippen LogP contribution in [0.3, 0.4) is 0 Å². The molecule has 1 aliphatic rings. The number of aromatic nitrogens is 2. The zero-order valence-corrected chi connectivity index (χ0v) is 23.8. The number of nitrogens with zero attached hydrogens (tertiary/aromatic N) is 4. The maximum Gasteiger partial charge on any atom is 0.256 e. The molecule has 1 N–H and O–H groups in total. The van der Waals surface area contributed by atoms with E-state index in [1.54, 1.807) is 48.9 Å². The fraction of sp³-hybridized carbons (Fsp3) is 0.241. The summed E-state index contributed by atoms with van der Waals surface area (Å²) in [6.45, 7) is 4.15. The highest BCUT2D eigenvalue weighted by Gasteiger charge is 2.44. The van der Waals surface area contributed by atoms with Gasteiger partial charge in [0.1, 0.15) is 0 Å². The van der Waals surface area contributed by atoms with E-state index in [4.69, 9.17) is 0 Å². The Morgan fingerprint density at radius 2 is 1.82 bits per heavy atom. The van der Waals surface area contributed by atoms with E-state index in [9.17, 15) is 22.1 Å². The van der Waals surface area contributed by atoms with Crippen LogP contribution in [0.15, 0.2) is 84.1 Å². The Balaban J connectivity index is 1.64. The summed E-state index contributed by atoms with van der Waals surface area (Å²) in [5, 5.41) is 9.53. The number of aryl methyl sites for hydroxylation is 2. The van der Waals surface area contributed by atoms with Gasteiger partial charge in [-0.2, -0.15) is 5.26 Å². The van der Waals surface area contributed by atoms with Crippen molar-refractivity contribution in [1.82, 2.24) is 13.7 Å². The molecule has 0 saturated heterocycles. The highest BCUT2D eigenvalue weighted by atomic mass is 32.3. The van der Waals surface area contributed by atoms with Crippen molar-refractivity contribution in [1.29, 1.82) is 5.26 Å². The Hall–Kier alpha value is -3.98. The summed E-state index contributed by atoms with van der Waals surface area (Å²) in [7, 11) is -8.86. The standard InChI is InChI=1S/C29H29N5O4S2/c1-21-8-9-22(2)25(12-21)19-39(35,36)34(40(37,38)28-6-4-3-5-7-28)27-14-24-13-23(15-30)10-11-29(24)33(18-27)17-26-16-31-20-32-26/h3-13,16,20,27H,14,17-19H2,1-2H3,(H,31,32). The third-order valence-corrected chi connectivity index (χ3v) is 11.5. The molecular formula is C29H29N5O4S2. The Labute approximate surface area is 234 Å². The molecule has 0 fully saturated rings. The number of imidazole rings is 1. The van der Waals surface area contributed by atoms with Gasteiger partial charge in [0.15, 0.2) is 0 Å². The van der Waals surface area contributed by atoms with Gasteiger partial charge in [-0.1, -0.05) is 45.7 Å². The maximum atomic E-state index is 14.2. The van der Waals surface area contributed by atoms with Crippen LogP contribution in [0.1, 0.15) is 33.5 Å². The molecule has 0 bridgehead atoms. The van der Waals surface area contributed by atoms with E-state index in [0.29, 0.717) is 26.9 Å². The molecule has 40 heavy (non-hydrogen) atoms. The van der Waals surface area contributed by atoms with E-state index < -0.39 is 31.8 Å². The van der Waals surface area contributed by atoms with Gasteiger partial charge in [0.2, 0.25) is 10.0 Å². The van der Waals surface area contributed by atoms with Crippen LogP contribution >= 0.6 is 0 Å². The minimum Gasteiger partial charge on any atom is -0.364 e. The number of aromatic amines is 1. The maximum absolute atomic E-state index is 14.2. The molecular weight excluding hydrogens is 546 g/mol. The van der Waals surface area contributed by atoms with Crippen LogP contribution in [0.5, 0.6) is 0 Å². The summed E-state index contributed by atoms with van der Waals surface area (Å²) < 4.78 is 57.4. The Kier molecular flexibility index (Phi) is 7.51. The first kappa shape index (κ1) is 27.6. The highest BCUT2D eigenvalue weighted by molar-refractivity contribution is 8.03. The second-order valence-corrected chi connectivity index (χ2v) is 13.9. The summed E-state index contributed by atoms with van der Waals surface area (Å²) >= 11 is 0. The molecule has 1 aromatic heterocycles. The molecule has 206 valence electrons. The van der Waals surface area contributed by atoms with Crippen molar-refractivity contribution in [2.75, 3.05) is 11.4 Å². The Morgan fingerprint density at radius 1 is 1.05 bits per heavy atom. The van der Waals surface area contributed by atoms with E-state index in [1.165, 1.54) is 12.1 Å². The second kappa shape index (κ2) is 10.9. The molecule has 0 amide bonds. The lowest BCUT2D eigenvalue weighted by Crippen LogP contribution is -2.53.